The molecule has 0 saturated carbocycles. The van der Waals surface area contributed by atoms with Crippen molar-refractivity contribution in [3.05, 3.63) is 83.9 Å². The molecule has 0 amide bonds. The number of rotatable bonds is 14. The zero-order chi connectivity index (χ0) is 27.2. The summed E-state index contributed by atoms with van der Waals surface area (Å²) in [6.07, 6.45) is 9.12. The molecule has 0 fully saturated rings. The maximum atomic E-state index is 12.6. The molecule has 3 rings (SSSR count). The Balaban J connectivity index is 1.47. The maximum Gasteiger partial charge on any atom is 0.513 e. The van der Waals surface area contributed by atoms with Crippen molar-refractivity contribution in [1.29, 1.82) is 0 Å². The van der Waals surface area contributed by atoms with Crippen LogP contribution in [0.2, 0.25) is 0 Å². The van der Waals surface area contributed by atoms with Crippen LogP contribution in [0.25, 0.3) is 11.1 Å². The van der Waals surface area contributed by atoms with E-state index in [1.807, 2.05) is 26.0 Å². The quantitative estimate of drug-likeness (QED) is 0.0925. The minimum atomic E-state index is -0.748. The van der Waals surface area contributed by atoms with E-state index in [9.17, 15) is 9.59 Å². The SMILES string of the molecule is CCCCCCCCc1ccc(-c2ccc(C(=O)Oc3ccc(OC(=O)OCC(C)CC)cc3)cc2)cc1. The molecule has 5 heteroatoms. The summed E-state index contributed by atoms with van der Waals surface area (Å²) in [7, 11) is 0. The average Bonchev–Trinajstić information content (AvgIpc) is 2.95. The molecule has 5 nitrogen and oxygen atoms in total. The highest BCUT2D eigenvalue weighted by Crippen LogP contribution is 2.23. The summed E-state index contributed by atoms with van der Waals surface area (Å²) in [6, 6.07) is 22.4. The van der Waals surface area contributed by atoms with Crippen LogP contribution < -0.4 is 9.47 Å². The van der Waals surface area contributed by atoms with Crippen LogP contribution in [0.4, 0.5) is 4.79 Å². The number of aryl methyl sites for hydroxylation is 1. The van der Waals surface area contributed by atoms with Crippen molar-refractivity contribution in [2.45, 2.75) is 72.1 Å². The summed E-state index contributed by atoms with van der Waals surface area (Å²) >= 11 is 0. The number of esters is 1. The molecule has 0 bridgehead atoms. The molecule has 3 aromatic rings. The van der Waals surface area contributed by atoms with Gasteiger partial charge in [-0.1, -0.05) is 95.7 Å². The third-order valence-corrected chi connectivity index (χ3v) is 6.64. The monoisotopic (exact) mass is 516 g/mol. The van der Waals surface area contributed by atoms with Crippen LogP contribution >= 0.6 is 0 Å². The van der Waals surface area contributed by atoms with Gasteiger partial charge in [0.15, 0.2) is 0 Å². The summed E-state index contributed by atoms with van der Waals surface area (Å²) in [5, 5.41) is 0. The Kier molecular flexibility index (Phi) is 11.9. The van der Waals surface area contributed by atoms with E-state index >= 15 is 0 Å². The molecule has 0 N–H and O–H groups in total. The first kappa shape index (κ1) is 29.0. The van der Waals surface area contributed by atoms with Gasteiger partial charge in [-0.2, -0.15) is 0 Å². The van der Waals surface area contributed by atoms with E-state index in [1.54, 1.807) is 36.4 Å². The van der Waals surface area contributed by atoms with E-state index in [2.05, 4.69) is 31.2 Å². The number of unbranched alkanes of at least 4 members (excludes halogenated alkanes) is 5. The lowest BCUT2D eigenvalue weighted by atomic mass is 10.00. The van der Waals surface area contributed by atoms with Gasteiger partial charge in [-0.25, -0.2) is 9.59 Å². The molecule has 1 unspecified atom stereocenters. The standard InChI is InChI=1S/C33H40O5/c1-4-6-7-8-9-10-11-26-12-14-27(15-13-26)28-16-18-29(19-17-28)32(34)37-30-20-22-31(23-21-30)38-33(35)36-24-25(3)5-2/h12-23,25H,4-11,24H2,1-3H3. The second-order valence-electron chi connectivity index (χ2n) is 9.83. The lowest BCUT2D eigenvalue weighted by Gasteiger charge is -2.10. The molecule has 0 radical (unpaired) electrons. The number of carbonyl (C=O) groups is 2. The molecule has 0 heterocycles. The number of carbonyl (C=O) groups excluding carboxylic acids is 2. The number of hydrogen-bond donors (Lipinski definition) is 0. The first-order valence-corrected chi connectivity index (χ1v) is 13.8. The van der Waals surface area contributed by atoms with Gasteiger partial charge in [-0.15, -0.1) is 0 Å². The summed E-state index contributed by atoms with van der Waals surface area (Å²) < 4.78 is 15.7. The minimum Gasteiger partial charge on any atom is -0.434 e. The van der Waals surface area contributed by atoms with Gasteiger partial charge in [-0.3, -0.25) is 0 Å². The maximum absolute atomic E-state index is 12.6. The van der Waals surface area contributed by atoms with Crippen LogP contribution in [0.15, 0.2) is 72.8 Å². The predicted molar refractivity (Wildman–Crippen MR) is 152 cm³/mol. The van der Waals surface area contributed by atoms with Crippen LogP contribution in [0.3, 0.4) is 0 Å². The van der Waals surface area contributed by atoms with Crippen molar-refractivity contribution in [3.8, 4) is 22.6 Å². The van der Waals surface area contributed by atoms with Crippen molar-refractivity contribution in [1.82, 2.24) is 0 Å². The van der Waals surface area contributed by atoms with E-state index < -0.39 is 12.1 Å². The Morgan fingerprint density at radius 3 is 1.84 bits per heavy atom. The molecule has 0 aliphatic heterocycles. The number of hydrogen-bond acceptors (Lipinski definition) is 5. The fourth-order valence-corrected chi connectivity index (χ4v) is 3.97. The summed E-state index contributed by atoms with van der Waals surface area (Å²) in [6.45, 7) is 6.59. The molecule has 202 valence electrons. The molecule has 38 heavy (non-hydrogen) atoms. The molecular formula is C33H40O5. The molecule has 3 aromatic carbocycles. The Bertz CT molecular complexity index is 1120. The summed E-state index contributed by atoms with van der Waals surface area (Å²) in [4.78, 5) is 24.4. The van der Waals surface area contributed by atoms with Crippen LogP contribution in [-0.2, 0) is 11.2 Å². The van der Waals surface area contributed by atoms with E-state index in [-0.39, 0.29) is 5.92 Å². The highest BCUT2D eigenvalue weighted by Gasteiger charge is 2.11. The Morgan fingerprint density at radius 2 is 1.24 bits per heavy atom. The van der Waals surface area contributed by atoms with Crippen LogP contribution in [-0.4, -0.2) is 18.7 Å². The van der Waals surface area contributed by atoms with Crippen LogP contribution in [0.1, 0.15) is 81.6 Å². The zero-order valence-electron chi connectivity index (χ0n) is 22.9. The highest BCUT2D eigenvalue weighted by atomic mass is 16.7. The second-order valence-corrected chi connectivity index (χ2v) is 9.83. The highest BCUT2D eigenvalue weighted by molar-refractivity contribution is 5.91. The number of ether oxygens (including phenoxy) is 3. The number of benzene rings is 3. The Hall–Kier alpha value is -3.60. The molecule has 0 aliphatic rings. The van der Waals surface area contributed by atoms with Gasteiger partial charge in [0.1, 0.15) is 11.5 Å². The van der Waals surface area contributed by atoms with E-state index in [0.29, 0.717) is 23.7 Å². The largest absolute Gasteiger partial charge is 0.513 e. The molecular weight excluding hydrogens is 476 g/mol. The van der Waals surface area contributed by atoms with Gasteiger partial charge >= 0.3 is 12.1 Å². The van der Waals surface area contributed by atoms with Gasteiger partial charge in [0.25, 0.3) is 0 Å². The third kappa shape index (κ3) is 9.70. The fourth-order valence-electron chi connectivity index (χ4n) is 3.97. The summed E-state index contributed by atoms with van der Waals surface area (Å²) in [5.74, 6) is 0.507. The zero-order valence-corrected chi connectivity index (χ0v) is 22.9. The van der Waals surface area contributed by atoms with Gasteiger partial charge in [-0.05, 0) is 71.8 Å². The molecule has 0 saturated heterocycles. The van der Waals surface area contributed by atoms with E-state index in [4.69, 9.17) is 14.2 Å². The summed E-state index contributed by atoms with van der Waals surface area (Å²) in [5.41, 5.74) is 4.00. The van der Waals surface area contributed by atoms with Crippen LogP contribution in [0.5, 0.6) is 11.5 Å². The van der Waals surface area contributed by atoms with Gasteiger partial charge in [0.2, 0.25) is 0 Å². The molecule has 0 aliphatic carbocycles. The molecule has 0 aromatic heterocycles. The van der Waals surface area contributed by atoms with Crippen molar-refractivity contribution in [2.75, 3.05) is 6.61 Å². The van der Waals surface area contributed by atoms with Gasteiger partial charge in [0.05, 0.1) is 12.2 Å². The third-order valence-electron chi connectivity index (χ3n) is 6.64. The Labute approximate surface area is 227 Å². The predicted octanol–water partition coefficient (Wildman–Crippen LogP) is 9.04. The van der Waals surface area contributed by atoms with Crippen molar-refractivity contribution >= 4 is 12.1 Å². The first-order chi connectivity index (χ1) is 18.5. The van der Waals surface area contributed by atoms with Gasteiger partial charge < -0.3 is 14.2 Å². The molecule has 0 spiro atoms. The van der Waals surface area contributed by atoms with E-state index in [0.717, 1.165) is 24.0 Å². The van der Waals surface area contributed by atoms with Crippen molar-refractivity contribution in [3.63, 3.8) is 0 Å². The van der Waals surface area contributed by atoms with Crippen LogP contribution in [0, 0.1) is 5.92 Å². The first-order valence-electron chi connectivity index (χ1n) is 13.8. The minimum absolute atomic E-state index is 0.277. The van der Waals surface area contributed by atoms with Crippen molar-refractivity contribution in [2.24, 2.45) is 5.92 Å². The van der Waals surface area contributed by atoms with Gasteiger partial charge in [0, 0.05) is 0 Å². The topological polar surface area (TPSA) is 61.8 Å². The van der Waals surface area contributed by atoms with Crippen molar-refractivity contribution < 1.29 is 23.8 Å². The fraction of sp³-hybridized carbons (Fsp3) is 0.394. The Morgan fingerprint density at radius 1 is 0.684 bits per heavy atom. The molecule has 1 atom stereocenters. The van der Waals surface area contributed by atoms with E-state index in [1.165, 1.54) is 44.1 Å². The second kappa shape index (κ2) is 15.6. The average molecular weight is 517 g/mol. The lowest BCUT2D eigenvalue weighted by Crippen LogP contribution is -2.15. The normalized spacial score (nSPS) is 11.6. The smallest absolute Gasteiger partial charge is 0.434 e. The lowest BCUT2D eigenvalue weighted by molar-refractivity contribution is 0.0732.